The molecule has 2 atom stereocenters. The van der Waals surface area contributed by atoms with E-state index in [9.17, 15) is 26.2 Å². The first kappa shape index (κ1) is 20.6. The van der Waals surface area contributed by atoms with Gasteiger partial charge in [0, 0.05) is 17.8 Å². The molecule has 3 rings (SSSR count). The summed E-state index contributed by atoms with van der Waals surface area (Å²) in [6, 6.07) is 5.72. The van der Waals surface area contributed by atoms with E-state index in [2.05, 4.69) is 0 Å². The summed E-state index contributed by atoms with van der Waals surface area (Å²) in [6.07, 6.45) is 3.64. The summed E-state index contributed by atoms with van der Waals surface area (Å²) >= 11 is 0.952. The van der Waals surface area contributed by atoms with Crippen LogP contribution in [0.4, 0.5) is 10.5 Å². The minimum absolute atomic E-state index is 0. The van der Waals surface area contributed by atoms with Crippen molar-refractivity contribution in [3.63, 3.8) is 0 Å². The molecule has 1 aromatic rings. The Bertz CT molecular complexity index is 1050. The van der Waals surface area contributed by atoms with Crippen LogP contribution in [0.1, 0.15) is 0 Å². The molecular weight excluding hydrogens is 397 g/mol. The van der Waals surface area contributed by atoms with Crippen molar-refractivity contribution in [3.8, 4) is 0 Å². The molecule has 0 bridgehead atoms. The molecule has 0 N–H and O–H groups in total. The van der Waals surface area contributed by atoms with E-state index >= 15 is 0 Å². The van der Waals surface area contributed by atoms with E-state index in [1.165, 1.54) is 19.2 Å². The van der Waals surface area contributed by atoms with Gasteiger partial charge < -0.3 is 4.55 Å². The van der Waals surface area contributed by atoms with Crippen LogP contribution in [0.15, 0.2) is 52.3 Å². The molecule has 1 aliphatic carbocycles. The van der Waals surface area contributed by atoms with Gasteiger partial charge in [0.1, 0.15) is 10.1 Å². The van der Waals surface area contributed by atoms with Gasteiger partial charge in [0.15, 0.2) is 16.6 Å². The Labute approximate surface area is 172 Å². The van der Waals surface area contributed by atoms with E-state index < -0.39 is 40.7 Å². The molecule has 25 heavy (non-hydrogen) atoms. The molecule has 128 valence electrons. The average Bonchev–Trinajstić information content (AvgIpc) is 2.78. The second-order valence-electron chi connectivity index (χ2n) is 5.32. The number of hydrogen-bond donors (Lipinski definition) is 0. The van der Waals surface area contributed by atoms with Crippen molar-refractivity contribution in [2.45, 2.75) is 10.9 Å². The molecule has 2 unspecified atom stereocenters. The standard InChI is InChI=1S/C14H11NO6S3.Na.H/c1-15(9-5-2-3-7-11(9)22-14(15)16)10-6-4-8-12(24(19,20)21)13(10)23(17)18;;/h2-8,10H,1H3;;. The van der Waals surface area contributed by atoms with Crippen molar-refractivity contribution in [1.29, 1.82) is 0 Å². The minimum atomic E-state index is -5.00. The predicted molar refractivity (Wildman–Crippen MR) is 97.2 cm³/mol. The first-order valence-electron chi connectivity index (χ1n) is 6.66. The molecular formula is C14H12NNaO6S3. The molecule has 1 aliphatic heterocycles. The van der Waals surface area contributed by atoms with Crippen molar-refractivity contribution in [2.24, 2.45) is 0 Å². The summed E-state index contributed by atoms with van der Waals surface area (Å²) in [7, 11) is -6.48. The number of benzene rings is 1. The summed E-state index contributed by atoms with van der Waals surface area (Å²) in [4.78, 5) is 11.9. The topological polar surface area (TPSA) is 108 Å². The molecule has 0 spiro atoms. The number of likely N-dealkylation sites (N-methyl/N-ethyl adjacent to an activating group) is 1. The predicted octanol–water partition coefficient (Wildman–Crippen LogP) is 0.620. The van der Waals surface area contributed by atoms with Crippen LogP contribution >= 0.6 is 11.8 Å². The number of quaternary nitrogens is 1. The van der Waals surface area contributed by atoms with Gasteiger partial charge in [0.25, 0.3) is 0 Å². The zero-order valence-electron chi connectivity index (χ0n) is 12.2. The number of carbonyl (C=O) groups is 1. The van der Waals surface area contributed by atoms with Gasteiger partial charge in [-0.15, -0.1) is 0 Å². The van der Waals surface area contributed by atoms with Crippen molar-refractivity contribution < 1.29 is 26.2 Å². The van der Waals surface area contributed by atoms with Gasteiger partial charge in [-0.3, -0.25) is 0 Å². The van der Waals surface area contributed by atoms with Gasteiger partial charge in [-0.2, -0.15) is 8.42 Å². The van der Waals surface area contributed by atoms with Gasteiger partial charge >= 0.3 is 34.8 Å². The normalized spacial score (nSPS) is 25.2. The van der Waals surface area contributed by atoms with Crippen LogP contribution in [0.5, 0.6) is 0 Å². The van der Waals surface area contributed by atoms with Crippen LogP contribution in [-0.4, -0.2) is 74.1 Å². The summed E-state index contributed by atoms with van der Waals surface area (Å²) in [5, 5.41) is -0.363. The van der Waals surface area contributed by atoms with E-state index in [-0.39, 0.29) is 34.8 Å². The Morgan fingerprint density at radius 1 is 1.24 bits per heavy atom. The summed E-state index contributed by atoms with van der Waals surface area (Å²) in [6.45, 7) is 0. The molecule has 1 heterocycles. The third-order valence-electron chi connectivity index (χ3n) is 4.00. The number of para-hydroxylation sites is 1. The van der Waals surface area contributed by atoms with Crippen molar-refractivity contribution in [1.82, 2.24) is 4.48 Å². The maximum absolute atomic E-state index is 12.6. The summed E-state index contributed by atoms with van der Waals surface area (Å²) in [5.74, 6) is 0. The Hall–Kier alpha value is -0.720. The number of allylic oxidation sites excluding steroid dienone is 2. The SMILES string of the molecule is C[N+]1(C2C=CC=C(S(=O)(=O)[O-])C2=S(=O)=O)C(=O)Sc2ccccc21.[NaH]. The Balaban J connectivity index is 0.00000225. The van der Waals surface area contributed by atoms with Crippen LogP contribution in [0.2, 0.25) is 0 Å². The van der Waals surface area contributed by atoms with Crippen LogP contribution in [0.3, 0.4) is 0 Å². The first-order valence-corrected chi connectivity index (χ1v) is 9.96. The first-order chi connectivity index (χ1) is 11.2. The third kappa shape index (κ3) is 3.33. The van der Waals surface area contributed by atoms with Crippen LogP contribution in [0.25, 0.3) is 0 Å². The van der Waals surface area contributed by atoms with Gasteiger partial charge in [-0.05, 0) is 18.2 Å². The molecule has 0 radical (unpaired) electrons. The van der Waals surface area contributed by atoms with Crippen molar-refractivity contribution in [3.05, 3.63) is 47.4 Å². The quantitative estimate of drug-likeness (QED) is 0.305. The van der Waals surface area contributed by atoms with E-state index in [1.54, 1.807) is 24.3 Å². The number of carbonyl (C=O) groups excluding carboxylic acids is 1. The van der Waals surface area contributed by atoms with E-state index in [1.807, 2.05) is 0 Å². The van der Waals surface area contributed by atoms with Crippen LogP contribution in [-0.2, 0) is 20.4 Å². The fourth-order valence-corrected chi connectivity index (χ4v) is 5.78. The number of fused-ring (bicyclic) bond motifs is 1. The molecule has 2 aliphatic rings. The number of rotatable bonds is 2. The van der Waals surface area contributed by atoms with E-state index in [4.69, 9.17) is 0 Å². The molecule has 0 saturated carbocycles. The van der Waals surface area contributed by atoms with E-state index in [0.29, 0.717) is 10.6 Å². The molecule has 0 fully saturated rings. The van der Waals surface area contributed by atoms with E-state index in [0.717, 1.165) is 17.8 Å². The summed E-state index contributed by atoms with van der Waals surface area (Å²) in [5.41, 5.74) is 0.551. The second kappa shape index (κ2) is 7.12. The van der Waals surface area contributed by atoms with Gasteiger partial charge in [-0.1, -0.05) is 18.2 Å². The summed E-state index contributed by atoms with van der Waals surface area (Å²) < 4.78 is 57.3. The molecule has 11 heteroatoms. The fraction of sp³-hybridized carbons (Fsp3) is 0.143. The van der Waals surface area contributed by atoms with Gasteiger partial charge in [0.05, 0.1) is 16.8 Å². The molecule has 0 aromatic heterocycles. The van der Waals surface area contributed by atoms with Crippen LogP contribution in [0, 0.1) is 0 Å². The Morgan fingerprint density at radius 3 is 2.48 bits per heavy atom. The average molecular weight is 409 g/mol. The molecule has 0 saturated heterocycles. The number of nitrogens with zero attached hydrogens (tertiary/aromatic N) is 1. The zero-order chi connectivity index (χ0) is 17.7. The number of amides is 1. The Kier molecular flexibility index (Phi) is 5.87. The molecule has 1 amide bonds. The van der Waals surface area contributed by atoms with Gasteiger partial charge in [-0.25, -0.2) is 17.7 Å². The molecule has 1 aromatic carbocycles. The van der Waals surface area contributed by atoms with Crippen molar-refractivity contribution >= 4 is 77.5 Å². The number of thioether (sulfide) groups is 1. The monoisotopic (exact) mass is 409 g/mol. The fourth-order valence-electron chi connectivity index (χ4n) is 2.84. The van der Waals surface area contributed by atoms with Crippen LogP contribution < -0.4 is 4.48 Å². The van der Waals surface area contributed by atoms with Crippen molar-refractivity contribution in [2.75, 3.05) is 7.05 Å². The Morgan fingerprint density at radius 2 is 1.88 bits per heavy atom. The third-order valence-corrected chi connectivity index (χ3v) is 6.96. The van der Waals surface area contributed by atoms with Gasteiger partial charge in [0.2, 0.25) is 10.3 Å². The number of hydrogen-bond acceptors (Lipinski definition) is 7. The maximum atomic E-state index is 12.6. The second-order valence-corrected chi connectivity index (χ2v) is 8.58. The molecule has 7 nitrogen and oxygen atoms in total. The zero-order valence-corrected chi connectivity index (χ0v) is 14.7.